The smallest absolute Gasteiger partial charge is 0.251 e. The van der Waals surface area contributed by atoms with Crippen LogP contribution >= 0.6 is 0 Å². The van der Waals surface area contributed by atoms with Crippen LogP contribution in [0.2, 0.25) is 0 Å². The van der Waals surface area contributed by atoms with Crippen molar-refractivity contribution in [2.24, 2.45) is 0 Å². The lowest BCUT2D eigenvalue weighted by molar-refractivity contribution is -0.127. The highest BCUT2D eigenvalue weighted by Crippen LogP contribution is 2.38. The quantitative estimate of drug-likeness (QED) is 0.264. The van der Waals surface area contributed by atoms with Crippen LogP contribution in [0.25, 0.3) is 11.4 Å². The summed E-state index contributed by atoms with van der Waals surface area (Å²) in [7, 11) is 3.08. The second-order valence-electron chi connectivity index (χ2n) is 10.5. The van der Waals surface area contributed by atoms with Crippen LogP contribution in [0.5, 0.6) is 23.0 Å². The minimum Gasteiger partial charge on any atom is -0.493 e. The number of nitrogens with zero attached hydrogens (tertiary/aromatic N) is 5. The van der Waals surface area contributed by atoms with Crippen LogP contribution in [0.15, 0.2) is 52.9 Å². The molecule has 4 aromatic rings. The number of amides is 2. The molecule has 1 saturated heterocycles. The zero-order chi connectivity index (χ0) is 31.3. The van der Waals surface area contributed by atoms with Crippen molar-refractivity contribution in [3.63, 3.8) is 0 Å². The Bertz CT molecular complexity index is 1660. The summed E-state index contributed by atoms with van der Waals surface area (Å²) >= 11 is 0. The monoisotopic (exact) mass is 618 g/mol. The molecule has 2 aliphatic heterocycles. The van der Waals surface area contributed by atoms with E-state index in [1.807, 2.05) is 0 Å². The molecular formula is C31H34N6O8. The maximum absolute atomic E-state index is 14.2. The van der Waals surface area contributed by atoms with Crippen molar-refractivity contribution in [1.29, 1.82) is 0 Å². The minimum atomic E-state index is -1.16. The number of rotatable bonds is 11. The number of ether oxygens (including phenoxy) is 5. The number of tetrazole rings is 1. The van der Waals surface area contributed by atoms with Gasteiger partial charge in [-0.3, -0.25) is 14.5 Å². The van der Waals surface area contributed by atoms with Crippen LogP contribution in [0.1, 0.15) is 30.4 Å². The summed E-state index contributed by atoms with van der Waals surface area (Å²) in [6.07, 6.45) is 1.68. The van der Waals surface area contributed by atoms with Gasteiger partial charge in [-0.05, 0) is 67.4 Å². The number of hydrogen-bond donors (Lipinski definition) is 1. The molecule has 6 rings (SSSR count). The highest BCUT2D eigenvalue weighted by molar-refractivity contribution is 6.01. The SMILES string of the molecule is COc1ccc(-c2nnn(CC(=O)N(c3ccc4c(c3)OCCO4)[C@H](C(=O)NC[C@H]3CCCO3)c3ccc(C)o3)n2)cc1OC. The molecule has 0 radical (unpaired) electrons. The van der Waals surface area contributed by atoms with Gasteiger partial charge < -0.3 is 33.4 Å². The molecule has 2 amide bonds. The Morgan fingerprint density at radius 3 is 2.58 bits per heavy atom. The maximum atomic E-state index is 14.2. The highest BCUT2D eigenvalue weighted by Gasteiger charge is 2.36. The third-order valence-corrected chi connectivity index (χ3v) is 7.51. The Labute approximate surface area is 259 Å². The van der Waals surface area contributed by atoms with Crippen LogP contribution in [-0.4, -0.2) is 78.7 Å². The second-order valence-corrected chi connectivity index (χ2v) is 10.5. The van der Waals surface area contributed by atoms with Gasteiger partial charge in [0.15, 0.2) is 29.0 Å². The Hall–Kier alpha value is -5.11. The molecule has 1 fully saturated rings. The van der Waals surface area contributed by atoms with Gasteiger partial charge in [0.25, 0.3) is 11.8 Å². The molecule has 1 N–H and O–H groups in total. The van der Waals surface area contributed by atoms with E-state index < -0.39 is 17.9 Å². The van der Waals surface area contributed by atoms with E-state index in [9.17, 15) is 9.59 Å². The Morgan fingerprint density at radius 2 is 1.84 bits per heavy atom. The topological polar surface area (TPSA) is 152 Å². The van der Waals surface area contributed by atoms with Crippen molar-refractivity contribution in [2.75, 3.05) is 45.5 Å². The second kappa shape index (κ2) is 13.3. The lowest BCUT2D eigenvalue weighted by Crippen LogP contribution is -2.46. The molecule has 0 unspecified atom stereocenters. The van der Waals surface area contributed by atoms with E-state index in [2.05, 4.69) is 20.7 Å². The summed E-state index contributed by atoms with van der Waals surface area (Å²) in [5, 5.41) is 15.7. The molecule has 4 heterocycles. The van der Waals surface area contributed by atoms with Crippen molar-refractivity contribution in [3.05, 3.63) is 60.1 Å². The van der Waals surface area contributed by atoms with Crippen molar-refractivity contribution in [2.45, 2.75) is 38.5 Å². The number of furan rings is 1. The minimum absolute atomic E-state index is 0.0965. The van der Waals surface area contributed by atoms with Crippen LogP contribution < -0.4 is 29.2 Å². The predicted molar refractivity (Wildman–Crippen MR) is 159 cm³/mol. The third-order valence-electron chi connectivity index (χ3n) is 7.51. The summed E-state index contributed by atoms with van der Waals surface area (Å²) in [6.45, 7) is 3.17. The van der Waals surface area contributed by atoms with Gasteiger partial charge in [0.05, 0.1) is 20.3 Å². The van der Waals surface area contributed by atoms with Crippen molar-refractivity contribution < 1.29 is 37.7 Å². The lowest BCUT2D eigenvalue weighted by atomic mass is 10.1. The zero-order valence-corrected chi connectivity index (χ0v) is 25.2. The number of hydrogen-bond acceptors (Lipinski definition) is 11. The number of nitrogens with one attached hydrogen (secondary N) is 1. The van der Waals surface area contributed by atoms with Crippen molar-refractivity contribution >= 4 is 17.5 Å². The standard InChI is InChI=1S/C31H34N6O8/c1-19-6-9-25(45-19)29(31(39)32-17-22-5-4-12-42-22)37(21-8-11-24-27(16-21)44-14-13-43-24)28(38)18-36-34-30(33-35-36)20-7-10-23(40-2)26(15-20)41-3/h6-11,15-16,22,29H,4-5,12-14,17-18H2,1-3H3,(H,32,39)/t22-,29+/m1/s1. The van der Waals surface area contributed by atoms with Gasteiger partial charge in [-0.1, -0.05) is 0 Å². The highest BCUT2D eigenvalue weighted by atomic mass is 16.6. The zero-order valence-electron chi connectivity index (χ0n) is 25.2. The molecule has 0 bridgehead atoms. The molecule has 2 aromatic carbocycles. The van der Waals surface area contributed by atoms with E-state index in [1.54, 1.807) is 62.6 Å². The molecule has 2 aliphatic rings. The first-order valence-electron chi connectivity index (χ1n) is 14.6. The Morgan fingerprint density at radius 1 is 1.02 bits per heavy atom. The third kappa shape index (κ3) is 6.55. The number of carbonyl (C=O) groups excluding carboxylic acids is 2. The molecule has 2 atom stereocenters. The van der Waals surface area contributed by atoms with E-state index in [4.69, 9.17) is 28.1 Å². The van der Waals surface area contributed by atoms with E-state index in [0.29, 0.717) is 66.4 Å². The van der Waals surface area contributed by atoms with E-state index in [0.717, 1.165) is 12.8 Å². The molecule has 0 spiro atoms. The van der Waals surface area contributed by atoms with Gasteiger partial charge in [0.2, 0.25) is 5.82 Å². The average molecular weight is 619 g/mol. The normalized spacial score (nSPS) is 16.2. The lowest BCUT2D eigenvalue weighted by Gasteiger charge is -2.31. The molecule has 236 valence electrons. The first-order chi connectivity index (χ1) is 21.9. The number of aryl methyl sites for hydroxylation is 1. The van der Waals surface area contributed by atoms with Crippen LogP contribution in [0, 0.1) is 6.92 Å². The van der Waals surface area contributed by atoms with E-state index in [-0.39, 0.29) is 24.2 Å². The van der Waals surface area contributed by atoms with Crippen LogP contribution in [-0.2, 0) is 20.9 Å². The number of benzene rings is 2. The molecule has 0 aliphatic carbocycles. The van der Waals surface area contributed by atoms with Gasteiger partial charge in [-0.25, -0.2) is 0 Å². The first kappa shape index (κ1) is 29.9. The predicted octanol–water partition coefficient (Wildman–Crippen LogP) is 3.10. The Balaban J connectivity index is 1.33. The molecule has 2 aromatic heterocycles. The number of carbonyl (C=O) groups is 2. The summed E-state index contributed by atoms with van der Waals surface area (Å²) in [5.74, 6) is 2.29. The van der Waals surface area contributed by atoms with Gasteiger partial charge in [-0.2, -0.15) is 4.80 Å². The fourth-order valence-electron chi connectivity index (χ4n) is 5.31. The summed E-state index contributed by atoms with van der Waals surface area (Å²) < 4.78 is 33.8. The fourth-order valence-corrected chi connectivity index (χ4v) is 5.31. The summed E-state index contributed by atoms with van der Waals surface area (Å²) in [5.41, 5.74) is 1.02. The molecule has 0 saturated carbocycles. The molecule has 45 heavy (non-hydrogen) atoms. The Kier molecular flexibility index (Phi) is 8.82. The number of fused-ring (bicyclic) bond motifs is 1. The van der Waals surface area contributed by atoms with Gasteiger partial charge >= 0.3 is 0 Å². The first-order valence-corrected chi connectivity index (χ1v) is 14.6. The number of methoxy groups -OCH3 is 2. The van der Waals surface area contributed by atoms with Crippen LogP contribution in [0.3, 0.4) is 0 Å². The maximum Gasteiger partial charge on any atom is 0.251 e. The molecule has 14 nitrogen and oxygen atoms in total. The van der Waals surface area contributed by atoms with Gasteiger partial charge in [0.1, 0.15) is 31.3 Å². The van der Waals surface area contributed by atoms with Gasteiger partial charge in [-0.15, -0.1) is 10.2 Å². The van der Waals surface area contributed by atoms with Crippen LogP contribution in [0.4, 0.5) is 5.69 Å². The van der Waals surface area contributed by atoms with Crippen molar-refractivity contribution in [3.8, 4) is 34.4 Å². The number of anilines is 1. The molecule has 14 heteroatoms. The average Bonchev–Trinajstić information content (AvgIpc) is 3.85. The fraction of sp³-hybridized carbons (Fsp3) is 0.387. The van der Waals surface area contributed by atoms with Gasteiger partial charge in [0, 0.05) is 30.5 Å². The summed E-state index contributed by atoms with van der Waals surface area (Å²) in [6, 6.07) is 12.6. The number of aromatic nitrogens is 4. The van der Waals surface area contributed by atoms with E-state index in [1.165, 1.54) is 16.8 Å². The van der Waals surface area contributed by atoms with Crippen molar-refractivity contribution in [1.82, 2.24) is 25.5 Å². The molecular weight excluding hydrogens is 584 g/mol. The summed E-state index contributed by atoms with van der Waals surface area (Å²) in [4.78, 5) is 30.7. The van der Waals surface area contributed by atoms with E-state index >= 15 is 0 Å². The largest absolute Gasteiger partial charge is 0.493 e.